The lowest BCUT2D eigenvalue weighted by Gasteiger charge is -2.21. The summed E-state index contributed by atoms with van der Waals surface area (Å²) in [5.74, 6) is 1.08. The first-order chi connectivity index (χ1) is 7.77. The number of aromatic hydroxyl groups is 1. The van der Waals surface area contributed by atoms with Crippen molar-refractivity contribution < 1.29 is 5.11 Å². The topological polar surface area (TPSA) is 20.2 Å². The quantitative estimate of drug-likeness (QED) is 0.734. The third kappa shape index (κ3) is 2.78. The second-order valence-electron chi connectivity index (χ2n) is 5.10. The maximum Gasteiger partial charge on any atom is 0.119 e. The molecule has 1 fully saturated rings. The van der Waals surface area contributed by atoms with E-state index >= 15 is 0 Å². The highest BCUT2D eigenvalue weighted by molar-refractivity contribution is 5.38. The molecule has 2 rings (SSSR count). The van der Waals surface area contributed by atoms with Crippen LogP contribution in [-0.2, 0) is 0 Å². The minimum absolute atomic E-state index is 0.496. The summed E-state index contributed by atoms with van der Waals surface area (Å²) in [4.78, 5) is 0. The van der Waals surface area contributed by atoms with E-state index in [-0.39, 0.29) is 0 Å². The average Bonchev–Trinajstić information content (AvgIpc) is 2.22. The Labute approximate surface area is 98.5 Å². The van der Waals surface area contributed by atoms with Crippen LogP contribution in [-0.4, -0.2) is 5.11 Å². The van der Waals surface area contributed by atoms with E-state index in [1.165, 1.54) is 56.1 Å². The van der Waals surface area contributed by atoms with E-state index in [4.69, 9.17) is 0 Å². The predicted octanol–water partition coefficient (Wildman–Crippen LogP) is 4.53. The van der Waals surface area contributed by atoms with Crippen LogP contribution in [0.25, 0.3) is 0 Å². The lowest BCUT2D eigenvalue weighted by atomic mass is 9.85. The number of phenolic OH excluding ortho intramolecular Hbond substituents is 1. The van der Waals surface area contributed by atoms with Crippen LogP contribution in [0.15, 0.2) is 18.2 Å². The maximum atomic E-state index is 9.95. The molecule has 0 aromatic heterocycles. The molecule has 0 amide bonds. The van der Waals surface area contributed by atoms with Gasteiger partial charge in [-0.15, -0.1) is 0 Å². The molecule has 88 valence electrons. The lowest BCUT2D eigenvalue weighted by molar-refractivity contribution is 0.424. The Morgan fingerprint density at radius 1 is 1.00 bits per heavy atom. The summed E-state index contributed by atoms with van der Waals surface area (Å²) >= 11 is 0. The van der Waals surface area contributed by atoms with Gasteiger partial charge >= 0.3 is 0 Å². The number of rotatable bonds is 1. The lowest BCUT2D eigenvalue weighted by Crippen LogP contribution is -2.03. The number of hydrogen-bond donors (Lipinski definition) is 1. The van der Waals surface area contributed by atoms with E-state index < -0.39 is 0 Å². The summed E-state index contributed by atoms with van der Waals surface area (Å²) in [5.41, 5.74) is 2.44. The van der Waals surface area contributed by atoms with E-state index in [1.807, 2.05) is 12.1 Å². The standard InChI is InChI=1S/C15H22O/c1-12-9-10-15(16)14(11-12)13-7-5-3-2-4-6-8-13/h9-11,13,16H,2-8H2,1H3. The molecule has 0 radical (unpaired) electrons. The monoisotopic (exact) mass is 218 g/mol. The molecule has 1 aliphatic carbocycles. The van der Waals surface area contributed by atoms with Gasteiger partial charge in [0.25, 0.3) is 0 Å². The van der Waals surface area contributed by atoms with Crippen LogP contribution in [0.1, 0.15) is 62.0 Å². The summed E-state index contributed by atoms with van der Waals surface area (Å²) in [6, 6.07) is 6.01. The number of hydrogen-bond acceptors (Lipinski definition) is 1. The van der Waals surface area contributed by atoms with Crippen molar-refractivity contribution in [3.8, 4) is 5.75 Å². The van der Waals surface area contributed by atoms with Crippen LogP contribution in [0.4, 0.5) is 0 Å². The minimum atomic E-state index is 0.496. The first-order valence-electron chi connectivity index (χ1n) is 6.57. The Kier molecular flexibility index (Phi) is 3.87. The molecule has 1 aliphatic rings. The zero-order chi connectivity index (χ0) is 11.4. The van der Waals surface area contributed by atoms with Crippen molar-refractivity contribution in [3.05, 3.63) is 29.3 Å². The van der Waals surface area contributed by atoms with Crippen molar-refractivity contribution in [2.24, 2.45) is 0 Å². The molecule has 0 atom stereocenters. The fourth-order valence-corrected chi connectivity index (χ4v) is 2.77. The number of phenols is 1. The van der Waals surface area contributed by atoms with E-state index in [0.717, 1.165) is 0 Å². The molecule has 0 unspecified atom stereocenters. The Morgan fingerprint density at radius 2 is 1.62 bits per heavy atom. The molecule has 0 bridgehead atoms. The van der Waals surface area contributed by atoms with Crippen LogP contribution in [0, 0.1) is 6.92 Å². The van der Waals surface area contributed by atoms with Crippen molar-refractivity contribution >= 4 is 0 Å². The van der Waals surface area contributed by atoms with E-state index in [1.54, 1.807) is 0 Å². The highest BCUT2D eigenvalue weighted by Gasteiger charge is 2.16. The molecule has 0 heterocycles. The maximum absolute atomic E-state index is 9.95. The zero-order valence-electron chi connectivity index (χ0n) is 10.2. The SMILES string of the molecule is Cc1ccc(O)c(C2CCCCCCC2)c1. The minimum Gasteiger partial charge on any atom is -0.508 e. The molecule has 0 aliphatic heterocycles. The first-order valence-corrected chi connectivity index (χ1v) is 6.57. The van der Waals surface area contributed by atoms with E-state index in [2.05, 4.69) is 13.0 Å². The first kappa shape index (κ1) is 11.5. The highest BCUT2D eigenvalue weighted by atomic mass is 16.3. The molecule has 1 aromatic rings. The smallest absolute Gasteiger partial charge is 0.119 e. The summed E-state index contributed by atoms with van der Waals surface area (Å²) in [6.07, 6.45) is 9.25. The summed E-state index contributed by atoms with van der Waals surface area (Å²) in [6.45, 7) is 2.10. The summed E-state index contributed by atoms with van der Waals surface area (Å²) < 4.78 is 0. The molecule has 1 heteroatoms. The average molecular weight is 218 g/mol. The Balaban J connectivity index is 2.16. The van der Waals surface area contributed by atoms with Gasteiger partial charge in [0, 0.05) is 0 Å². The van der Waals surface area contributed by atoms with Gasteiger partial charge in [-0.3, -0.25) is 0 Å². The Morgan fingerprint density at radius 3 is 2.31 bits per heavy atom. The van der Waals surface area contributed by atoms with Gasteiger partial charge in [-0.1, -0.05) is 49.8 Å². The predicted molar refractivity (Wildman–Crippen MR) is 67.9 cm³/mol. The highest BCUT2D eigenvalue weighted by Crippen LogP contribution is 2.35. The number of aryl methyl sites for hydroxylation is 1. The van der Waals surface area contributed by atoms with Gasteiger partial charge in [0.05, 0.1) is 0 Å². The van der Waals surface area contributed by atoms with E-state index in [9.17, 15) is 5.11 Å². The van der Waals surface area contributed by atoms with Gasteiger partial charge < -0.3 is 5.11 Å². The van der Waals surface area contributed by atoms with Crippen molar-refractivity contribution in [1.82, 2.24) is 0 Å². The number of benzene rings is 1. The molecule has 1 saturated carbocycles. The molecule has 0 spiro atoms. The van der Waals surface area contributed by atoms with Gasteiger partial charge in [-0.05, 0) is 37.3 Å². The molecule has 1 aromatic carbocycles. The van der Waals surface area contributed by atoms with Crippen LogP contribution < -0.4 is 0 Å². The molecule has 16 heavy (non-hydrogen) atoms. The van der Waals surface area contributed by atoms with Crippen molar-refractivity contribution in [3.63, 3.8) is 0 Å². The fourth-order valence-electron chi connectivity index (χ4n) is 2.77. The molecule has 1 N–H and O–H groups in total. The van der Waals surface area contributed by atoms with Gasteiger partial charge in [0.1, 0.15) is 5.75 Å². The Hall–Kier alpha value is -0.980. The van der Waals surface area contributed by atoms with Crippen LogP contribution in [0.3, 0.4) is 0 Å². The molecular weight excluding hydrogens is 196 g/mol. The summed E-state index contributed by atoms with van der Waals surface area (Å²) in [5, 5.41) is 9.95. The van der Waals surface area contributed by atoms with Crippen molar-refractivity contribution in [1.29, 1.82) is 0 Å². The second-order valence-corrected chi connectivity index (χ2v) is 5.10. The van der Waals surface area contributed by atoms with E-state index in [0.29, 0.717) is 11.7 Å². The largest absolute Gasteiger partial charge is 0.508 e. The normalized spacial score (nSPS) is 19.1. The van der Waals surface area contributed by atoms with Crippen LogP contribution >= 0.6 is 0 Å². The second kappa shape index (κ2) is 5.38. The van der Waals surface area contributed by atoms with Gasteiger partial charge in [-0.2, -0.15) is 0 Å². The van der Waals surface area contributed by atoms with Crippen LogP contribution in [0.2, 0.25) is 0 Å². The van der Waals surface area contributed by atoms with Crippen molar-refractivity contribution in [2.45, 2.75) is 57.8 Å². The third-order valence-corrected chi connectivity index (χ3v) is 3.73. The van der Waals surface area contributed by atoms with Gasteiger partial charge in [0.2, 0.25) is 0 Å². The molecule has 1 nitrogen and oxygen atoms in total. The third-order valence-electron chi connectivity index (χ3n) is 3.73. The summed E-state index contributed by atoms with van der Waals surface area (Å²) in [7, 11) is 0. The van der Waals surface area contributed by atoms with Gasteiger partial charge in [0.15, 0.2) is 0 Å². The molecule has 0 saturated heterocycles. The molecular formula is C15H22O. The van der Waals surface area contributed by atoms with Crippen LogP contribution in [0.5, 0.6) is 5.75 Å². The zero-order valence-corrected chi connectivity index (χ0v) is 10.2. The fraction of sp³-hybridized carbons (Fsp3) is 0.600. The van der Waals surface area contributed by atoms with Crippen molar-refractivity contribution in [2.75, 3.05) is 0 Å². The van der Waals surface area contributed by atoms with Gasteiger partial charge in [-0.25, -0.2) is 0 Å². The Bertz CT molecular complexity index is 335.